The number of carboxylic acid groups (broad SMARTS) is 1. The third-order valence-corrected chi connectivity index (χ3v) is 7.04. The summed E-state index contributed by atoms with van der Waals surface area (Å²) in [6.45, 7) is 1.47. The highest BCUT2D eigenvalue weighted by atomic mass is 16.7. The molecule has 9 unspecified atom stereocenters. The third kappa shape index (κ3) is 9.66. The van der Waals surface area contributed by atoms with E-state index >= 15 is 0 Å². The lowest BCUT2D eigenvalue weighted by Crippen LogP contribution is -2.59. The van der Waals surface area contributed by atoms with Crippen molar-refractivity contribution in [3.8, 4) is 0 Å². The molecule has 0 radical (unpaired) electrons. The summed E-state index contributed by atoms with van der Waals surface area (Å²) in [5, 5.41) is 61.6. The molecule has 2 aliphatic rings. The Hall–Kier alpha value is -0.850. The Bertz CT molecular complexity index is 579. The third-order valence-electron chi connectivity index (χ3n) is 7.04. The van der Waals surface area contributed by atoms with Crippen LogP contribution in [0.15, 0.2) is 0 Å². The second kappa shape index (κ2) is 15.3. The molecule has 0 saturated carbocycles. The molecule has 0 aromatic carbocycles. The molecule has 2 saturated heterocycles. The van der Waals surface area contributed by atoms with E-state index in [9.17, 15) is 35.4 Å². The number of unbranched alkanes of at least 4 members (excludes halogenated alkanes) is 6. The standard InChI is InChI=1S/C24H45NO9/c1-15-18(27)12-11-16(25-15)9-7-5-3-2-4-6-8-10-17(13-20(28)29)33-24-23(32)22(31)21(30)19(14-26)34-24/h15-19,21-27,30-32H,2-14H2,1H3,(H,28,29). The van der Waals surface area contributed by atoms with Gasteiger partial charge in [-0.05, 0) is 32.6 Å². The zero-order valence-corrected chi connectivity index (χ0v) is 20.3. The highest BCUT2D eigenvalue weighted by Gasteiger charge is 2.44. The second-order valence-electron chi connectivity index (χ2n) is 9.90. The number of rotatable bonds is 15. The van der Waals surface area contributed by atoms with Crippen molar-refractivity contribution in [2.24, 2.45) is 0 Å². The second-order valence-corrected chi connectivity index (χ2v) is 9.90. The maximum Gasteiger partial charge on any atom is 0.305 e. The summed E-state index contributed by atoms with van der Waals surface area (Å²) in [7, 11) is 0. The van der Waals surface area contributed by atoms with E-state index in [2.05, 4.69) is 5.32 Å². The zero-order chi connectivity index (χ0) is 25.1. The molecule has 2 heterocycles. The van der Waals surface area contributed by atoms with Crippen molar-refractivity contribution in [3.05, 3.63) is 0 Å². The van der Waals surface area contributed by atoms with Gasteiger partial charge >= 0.3 is 5.97 Å². The fourth-order valence-corrected chi connectivity index (χ4v) is 4.84. The number of aliphatic carboxylic acids is 1. The van der Waals surface area contributed by atoms with Crippen LogP contribution in [0.1, 0.15) is 84.0 Å². The summed E-state index contributed by atoms with van der Waals surface area (Å²) in [5.41, 5.74) is 0. The first-order chi connectivity index (χ1) is 16.2. The number of hydrogen-bond donors (Lipinski definition) is 7. The first-order valence-corrected chi connectivity index (χ1v) is 12.8. The van der Waals surface area contributed by atoms with Crippen molar-refractivity contribution in [1.29, 1.82) is 0 Å². The van der Waals surface area contributed by atoms with Crippen LogP contribution in [0.4, 0.5) is 0 Å². The Morgan fingerprint density at radius 3 is 2.24 bits per heavy atom. The molecule has 0 spiro atoms. The summed E-state index contributed by atoms with van der Waals surface area (Å²) >= 11 is 0. The lowest BCUT2D eigenvalue weighted by atomic mass is 9.93. The van der Waals surface area contributed by atoms with E-state index in [0.717, 1.165) is 51.4 Å². The summed E-state index contributed by atoms with van der Waals surface area (Å²) in [6, 6.07) is 0.682. The van der Waals surface area contributed by atoms with E-state index in [1.165, 1.54) is 12.8 Å². The zero-order valence-electron chi connectivity index (χ0n) is 20.3. The van der Waals surface area contributed by atoms with E-state index in [-0.39, 0.29) is 18.6 Å². The summed E-state index contributed by atoms with van der Waals surface area (Å²) in [4.78, 5) is 11.2. The Morgan fingerprint density at radius 1 is 0.971 bits per heavy atom. The Labute approximate surface area is 202 Å². The monoisotopic (exact) mass is 491 g/mol. The number of ether oxygens (including phenoxy) is 2. The van der Waals surface area contributed by atoms with E-state index in [1.54, 1.807) is 0 Å². The van der Waals surface area contributed by atoms with Gasteiger partial charge in [0.15, 0.2) is 6.29 Å². The van der Waals surface area contributed by atoms with Crippen LogP contribution in [0, 0.1) is 0 Å². The SMILES string of the molecule is CC1NC(CCCCCCCCCC(CC(=O)O)OC2OC(CO)C(O)C(O)C2O)CCC1O. The van der Waals surface area contributed by atoms with Gasteiger partial charge < -0.3 is 45.4 Å². The number of aliphatic hydroxyl groups is 5. The molecular weight excluding hydrogens is 446 g/mol. The maximum absolute atomic E-state index is 11.2. The molecule has 2 rings (SSSR count). The molecule has 0 aliphatic carbocycles. The number of carbonyl (C=O) groups is 1. The minimum atomic E-state index is -1.55. The lowest BCUT2D eigenvalue weighted by Gasteiger charge is -2.40. The molecular formula is C24H45NO9. The molecule has 7 N–H and O–H groups in total. The van der Waals surface area contributed by atoms with Gasteiger partial charge in [0.25, 0.3) is 0 Å². The summed E-state index contributed by atoms with van der Waals surface area (Å²) in [6.07, 6.45) is 2.74. The number of hydrogen-bond acceptors (Lipinski definition) is 9. The molecule has 2 fully saturated rings. The summed E-state index contributed by atoms with van der Waals surface area (Å²) in [5.74, 6) is -1.04. The van der Waals surface area contributed by atoms with Gasteiger partial charge in [-0.2, -0.15) is 0 Å². The van der Waals surface area contributed by atoms with Crippen molar-refractivity contribution >= 4 is 5.97 Å². The fourth-order valence-electron chi connectivity index (χ4n) is 4.84. The molecule has 9 atom stereocenters. The number of nitrogens with one attached hydrogen (secondary N) is 1. The molecule has 0 bridgehead atoms. The van der Waals surface area contributed by atoms with Gasteiger partial charge in [0.05, 0.1) is 25.2 Å². The van der Waals surface area contributed by atoms with Crippen molar-refractivity contribution in [1.82, 2.24) is 5.32 Å². The predicted molar refractivity (Wildman–Crippen MR) is 124 cm³/mol. The van der Waals surface area contributed by atoms with Crippen LogP contribution in [0.2, 0.25) is 0 Å². The van der Waals surface area contributed by atoms with Crippen LogP contribution < -0.4 is 5.32 Å². The first kappa shape index (κ1) is 29.4. The van der Waals surface area contributed by atoms with Gasteiger partial charge in [-0.25, -0.2) is 0 Å². The molecule has 10 heteroatoms. The minimum absolute atomic E-state index is 0.174. The van der Waals surface area contributed by atoms with Crippen LogP contribution in [0.5, 0.6) is 0 Å². The van der Waals surface area contributed by atoms with Crippen LogP contribution in [-0.4, -0.2) is 98.2 Å². The van der Waals surface area contributed by atoms with Gasteiger partial charge in [0.1, 0.15) is 24.4 Å². The van der Waals surface area contributed by atoms with Crippen LogP contribution in [0.3, 0.4) is 0 Å². The molecule has 0 amide bonds. The molecule has 0 aromatic heterocycles. The number of aliphatic hydroxyl groups excluding tert-OH is 5. The quantitative estimate of drug-likeness (QED) is 0.162. The van der Waals surface area contributed by atoms with Gasteiger partial charge in [0, 0.05) is 12.1 Å². The fraction of sp³-hybridized carbons (Fsp3) is 0.958. The van der Waals surface area contributed by atoms with E-state index in [4.69, 9.17) is 9.47 Å². The first-order valence-electron chi connectivity index (χ1n) is 12.8. The highest BCUT2D eigenvalue weighted by Crippen LogP contribution is 2.25. The topological polar surface area (TPSA) is 169 Å². The molecule has 2 aliphatic heterocycles. The smallest absolute Gasteiger partial charge is 0.305 e. The molecule has 200 valence electrons. The average Bonchev–Trinajstić information content (AvgIpc) is 2.80. The predicted octanol–water partition coefficient (Wildman–Crippen LogP) is 0.659. The molecule has 10 nitrogen and oxygen atoms in total. The Morgan fingerprint density at radius 2 is 1.62 bits per heavy atom. The van der Waals surface area contributed by atoms with Crippen molar-refractivity contribution in [3.63, 3.8) is 0 Å². The molecule has 0 aromatic rings. The highest BCUT2D eigenvalue weighted by molar-refractivity contribution is 5.67. The van der Waals surface area contributed by atoms with Crippen LogP contribution in [0.25, 0.3) is 0 Å². The Balaban J connectivity index is 1.60. The Kier molecular flexibility index (Phi) is 13.2. The average molecular weight is 492 g/mol. The largest absolute Gasteiger partial charge is 0.481 e. The normalized spacial score (nSPS) is 35.2. The van der Waals surface area contributed by atoms with Crippen molar-refractivity contribution < 1.29 is 44.9 Å². The van der Waals surface area contributed by atoms with Gasteiger partial charge in [-0.3, -0.25) is 4.79 Å². The van der Waals surface area contributed by atoms with Gasteiger partial charge in [-0.1, -0.05) is 44.9 Å². The van der Waals surface area contributed by atoms with E-state index in [0.29, 0.717) is 12.5 Å². The van der Waals surface area contributed by atoms with Crippen LogP contribution >= 0.6 is 0 Å². The minimum Gasteiger partial charge on any atom is -0.481 e. The van der Waals surface area contributed by atoms with Crippen molar-refractivity contribution in [2.45, 2.75) is 139 Å². The van der Waals surface area contributed by atoms with Crippen LogP contribution in [-0.2, 0) is 14.3 Å². The van der Waals surface area contributed by atoms with E-state index < -0.39 is 49.4 Å². The molecule has 34 heavy (non-hydrogen) atoms. The van der Waals surface area contributed by atoms with Gasteiger partial charge in [0.2, 0.25) is 0 Å². The lowest BCUT2D eigenvalue weighted by molar-refractivity contribution is -0.311. The number of carboxylic acids is 1. The summed E-state index contributed by atoms with van der Waals surface area (Å²) < 4.78 is 11.0. The van der Waals surface area contributed by atoms with Gasteiger partial charge in [-0.15, -0.1) is 0 Å². The van der Waals surface area contributed by atoms with Crippen molar-refractivity contribution in [2.75, 3.05) is 6.61 Å². The van der Waals surface area contributed by atoms with E-state index in [1.807, 2.05) is 6.92 Å². The number of piperidine rings is 1. The maximum atomic E-state index is 11.2.